The van der Waals surface area contributed by atoms with E-state index < -0.39 is 34.7 Å². The van der Waals surface area contributed by atoms with E-state index in [9.17, 15) is 27.7 Å². The first-order valence-corrected chi connectivity index (χ1v) is 5.43. The van der Waals surface area contributed by atoms with Crippen molar-refractivity contribution < 1.29 is 27.2 Å². The summed E-state index contributed by atoms with van der Waals surface area (Å²) >= 11 is 0. The van der Waals surface area contributed by atoms with Gasteiger partial charge in [0.15, 0.2) is 11.6 Å². The maximum atomic E-state index is 13.6. The monoisotopic (exact) mass is 302 g/mol. The predicted molar refractivity (Wildman–Crippen MR) is 62.9 cm³/mol. The molecular weight excluding hydrogens is 296 g/mol. The van der Waals surface area contributed by atoms with Crippen molar-refractivity contribution in [3.05, 3.63) is 52.2 Å². The van der Waals surface area contributed by atoms with Crippen molar-refractivity contribution in [3.8, 4) is 17.0 Å². The molecule has 110 valence electrons. The highest BCUT2D eigenvalue weighted by atomic mass is 19.3. The van der Waals surface area contributed by atoms with E-state index in [1.165, 1.54) is 12.1 Å². The zero-order valence-electron chi connectivity index (χ0n) is 10.1. The standard InChI is InChI=1S/C12H6F4N2O3/c13-8-3-1-2-7(10(8)14)6-4-9(18(19)20)11(17-5-6)21-12(15)16/h1-5,12H. The van der Waals surface area contributed by atoms with Crippen LogP contribution >= 0.6 is 0 Å². The molecule has 21 heavy (non-hydrogen) atoms. The Morgan fingerprint density at radius 3 is 2.62 bits per heavy atom. The Labute approximate surface area is 115 Å². The van der Waals surface area contributed by atoms with Crippen LogP contribution in [0.2, 0.25) is 0 Å². The van der Waals surface area contributed by atoms with Gasteiger partial charge in [-0.3, -0.25) is 10.1 Å². The van der Waals surface area contributed by atoms with Gasteiger partial charge >= 0.3 is 12.3 Å². The molecule has 0 aliphatic rings. The van der Waals surface area contributed by atoms with Crippen LogP contribution in [-0.2, 0) is 0 Å². The highest BCUT2D eigenvalue weighted by Crippen LogP contribution is 2.32. The number of aromatic nitrogens is 1. The molecule has 0 bridgehead atoms. The molecule has 0 radical (unpaired) electrons. The second-order valence-corrected chi connectivity index (χ2v) is 3.79. The fourth-order valence-corrected chi connectivity index (χ4v) is 1.62. The third-order valence-electron chi connectivity index (χ3n) is 2.49. The summed E-state index contributed by atoms with van der Waals surface area (Å²) in [5.74, 6) is -3.28. The van der Waals surface area contributed by atoms with Crippen molar-refractivity contribution in [3.63, 3.8) is 0 Å². The van der Waals surface area contributed by atoms with Crippen LogP contribution in [0.4, 0.5) is 23.2 Å². The van der Waals surface area contributed by atoms with E-state index in [-0.39, 0.29) is 11.1 Å². The first-order chi connectivity index (χ1) is 9.90. The minimum atomic E-state index is -3.30. The number of ether oxygens (including phenoxy) is 1. The van der Waals surface area contributed by atoms with Crippen LogP contribution in [0.25, 0.3) is 11.1 Å². The highest BCUT2D eigenvalue weighted by Gasteiger charge is 2.22. The molecule has 0 atom stereocenters. The minimum Gasteiger partial charge on any atom is -0.411 e. The summed E-state index contributed by atoms with van der Waals surface area (Å²) in [4.78, 5) is 13.2. The van der Waals surface area contributed by atoms with E-state index in [0.717, 1.165) is 18.3 Å². The second-order valence-electron chi connectivity index (χ2n) is 3.79. The summed E-state index contributed by atoms with van der Waals surface area (Å²) in [7, 11) is 0. The lowest BCUT2D eigenvalue weighted by atomic mass is 10.1. The van der Waals surface area contributed by atoms with Crippen LogP contribution in [0.1, 0.15) is 0 Å². The van der Waals surface area contributed by atoms with Crippen LogP contribution in [-0.4, -0.2) is 16.5 Å². The molecule has 1 aromatic carbocycles. The van der Waals surface area contributed by atoms with Crippen LogP contribution in [0.5, 0.6) is 5.88 Å². The zero-order valence-corrected chi connectivity index (χ0v) is 10.1. The number of nitro groups is 1. The number of halogens is 4. The van der Waals surface area contributed by atoms with Gasteiger partial charge in [0.2, 0.25) is 0 Å². The molecule has 0 saturated carbocycles. The normalized spacial score (nSPS) is 10.7. The Balaban J connectivity index is 2.54. The van der Waals surface area contributed by atoms with E-state index in [1.54, 1.807) is 0 Å². The molecule has 0 N–H and O–H groups in total. The lowest BCUT2D eigenvalue weighted by molar-refractivity contribution is -0.386. The van der Waals surface area contributed by atoms with E-state index >= 15 is 0 Å². The Morgan fingerprint density at radius 2 is 2.00 bits per heavy atom. The Bertz CT molecular complexity index is 694. The molecule has 1 heterocycles. The molecule has 0 unspecified atom stereocenters. The number of nitrogens with zero attached hydrogens (tertiary/aromatic N) is 2. The van der Waals surface area contributed by atoms with E-state index in [1.807, 2.05) is 0 Å². The summed E-state index contributed by atoms with van der Waals surface area (Å²) in [6.45, 7) is -3.30. The summed E-state index contributed by atoms with van der Waals surface area (Å²) in [5, 5.41) is 10.8. The van der Waals surface area contributed by atoms with Crippen LogP contribution in [0.3, 0.4) is 0 Å². The Kier molecular flexibility index (Phi) is 4.01. The highest BCUT2D eigenvalue weighted by molar-refractivity contribution is 5.67. The molecule has 5 nitrogen and oxygen atoms in total. The number of hydrogen-bond acceptors (Lipinski definition) is 4. The lowest BCUT2D eigenvalue weighted by Crippen LogP contribution is -2.06. The smallest absolute Gasteiger partial charge is 0.388 e. The van der Waals surface area contributed by atoms with Gasteiger partial charge in [-0.25, -0.2) is 13.8 Å². The van der Waals surface area contributed by atoms with Gasteiger partial charge in [0.1, 0.15) is 0 Å². The quantitative estimate of drug-likeness (QED) is 0.492. The van der Waals surface area contributed by atoms with Crippen molar-refractivity contribution in [1.29, 1.82) is 0 Å². The fraction of sp³-hybridized carbons (Fsp3) is 0.0833. The first-order valence-electron chi connectivity index (χ1n) is 5.43. The molecule has 0 amide bonds. The largest absolute Gasteiger partial charge is 0.411 e. The van der Waals surface area contributed by atoms with Gasteiger partial charge in [-0.15, -0.1) is 0 Å². The molecule has 0 saturated heterocycles. The number of alkyl halides is 2. The SMILES string of the molecule is O=[N+]([O-])c1cc(-c2cccc(F)c2F)cnc1OC(F)F. The molecule has 0 spiro atoms. The first kappa shape index (κ1) is 14.7. The maximum absolute atomic E-state index is 13.6. The van der Waals surface area contributed by atoms with E-state index in [4.69, 9.17) is 0 Å². The molecule has 9 heteroatoms. The van der Waals surface area contributed by atoms with Gasteiger partial charge in [-0.1, -0.05) is 12.1 Å². The van der Waals surface area contributed by atoms with Crippen LogP contribution < -0.4 is 4.74 Å². The van der Waals surface area contributed by atoms with Gasteiger partial charge in [-0.2, -0.15) is 8.78 Å². The van der Waals surface area contributed by atoms with Gasteiger partial charge in [0.25, 0.3) is 5.88 Å². The maximum Gasteiger partial charge on any atom is 0.388 e. The zero-order chi connectivity index (χ0) is 15.6. The van der Waals surface area contributed by atoms with Crippen molar-refractivity contribution in [1.82, 2.24) is 4.98 Å². The second kappa shape index (κ2) is 5.73. The van der Waals surface area contributed by atoms with Crippen molar-refractivity contribution >= 4 is 5.69 Å². The third-order valence-corrected chi connectivity index (χ3v) is 2.49. The minimum absolute atomic E-state index is 0.139. The topological polar surface area (TPSA) is 65.3 Å². The van der Waals surface area contributed by atoms with Gasteiger partial charge in [0.05, 0.1) is 4.92 Å². The Morgan fingerprint density at radius 1 is 1.29 bits per heavy atom. The van der Waals surface area contributed by atoms with Crippen molar-refractivity contribution in [2.24, 2.45) is 0 Å². The molecule has 2 aromatic rings. The molecule has 0 aliphatic heterocycles. The number of hydrogen-bond donors (Lipinski definition) is 0. The van der Waals surface area contributed by atoms with E-state index in [0.29, 0.717) is 0 Å². The van der Waals surface area contributed by atoms with E-state index in [2.05, 4.69) is 9.72 Å². The fourth-order valence-electron chi connectivity index (χ4n) is 1.62. The molecular formula is C12H6F4N2O3. The number of pyridine rings is 1. The molecule has 1 aromatic heterocycles. The summed E-state index contributed by atoms with van der Waals surface area (Å²) in [5.41, 5.74) is -1.30. The molecule has 2 rings (SSSR count). The predicted octanol–water partition coefficient (Wildman–Crippen LogP) is 3.54. The summed E-state index contributed by atoms with van der Waals surface area (Å²) in [6.07, 6.45) is 0.878. The lowest BCUT2D eigenvalue weighted by Gasteiger charge is -2.07. The van der Waals surface area contributed by atoms with Gasteiger partial charge in [-0.05, 0) is 6.07 Å². The van der Waals surface area contributed by atoms with Gasteiger partial charge in [0, 0.05) is 23.4 Å². The van der Waals surface area contributed by atoms with Crippen molar-refractivity contribution in [2.75, 3.05) is 0 Å². The number of rotatable bonds is 4. The summed E-state index contributed by atoms with van der Waals surface area (Å²) < 4.78 is 54.8. The van der Waals surface area contributed by atoms with Crippen LogP contribution in [0.15, 0.2) is 30.5 Å². The average molecular weight is 302 g/mol. The molecule has 0 aliphatic carbocycles. The summed E-state index contributed by atoms with van der Waals surface area (Å²) in [6, 6.07) is 4.02. The number of benzene rings is 1. The Hall–Kier alpha value is -2.71. The molecule has 0 fully saturated rings. The van der Waals surface area contributed by atoms with Gasteiger partial charge < -0.3 is 4.74 Å². The third kappa shape index (κ3) is 3.07. The van der Waals surface area contributed by atoms with Crippen LogP contribution in [0, 0.1) is 21.7 Å². The average Bonchev–Trinajstić information content (AvgIpc) is 2.41. The van der Waals surface area contributed by atoms with Crippen molar-refractivity contribution in [2.45, 2.75) is 6.61 Å².